The molecule has 1 aliphatic rings. The van der Waals surface area contributed by atoms with E-state index in [1.807, 2.05) is 17.0 Å². The Morgan fingerprint density at radius 1 is 1.13 bits per heavy atom. The van der Waals surface area contributed by atoms with Gasteiger partial charge in [0.25, 0.3) is 5.91 Å². The molecule has 0 fully saturated rings. The number of benzene rings is 2. The molecule has 0 atom stereocenters. The van der Waals surface area contributed by atoms with Gasteiger partial charge in [0.1, 0.15) is 0 Å². The number of carbonyl (C=O) groups is 2. The molecule has 5 heteroatoms. The summed E-state index contributed by atoms with van der Waals surface area (Å²) in [6.07, 6.45) is 1.96. The minimum absolute atomic E-state index is 0.0274. The number of fused-ring (bicyclic) bond motifs is 1. The van der Waals surface area contributed by atoms with Crippen molar-refractivity contribution in [2.24, 2.45) is 5.73 Å². The first-order valence-electron chi connectivity index (χ1n) is 7.62. The molecule has 0 aromatic heterocycles. The van der Waals surface area contributed by atoms with E-state index in [0.29, 0.717) is 11.3 Å². The minimum atomic E-state index is -0.621. The van der Waals surface area contributed by atoms with Gasteiger partial charge in [-0.25, -0.2) is 4.79 Å². The smallest absolute Gasteiger partial charge is 0.316 e. The van der Waals surface area contributed by atoms with Crippen molar-refractivity contribution in [2.45, 2.75) is 19.8 Å². The van der Waals surface area contributed by atoms with Crippen molar-refractivity contribution in [3.8, 4) is 0 Å². The molecule has 118 valence electrons. The van der Waals surface area contributed by atoms with Gasteiger partial charge in [-0.1, -0.05) is 17.7 Å². The predicted molar refractivity (Wildman–Crippen MR) is 90.8 cm³/mol. The quantitative estimate of drug-likeness (QED) is 0.894. The van der Waals surface area contributed by atoms with Crippen LogP contribution in [0.15, 0.2) is 42.5 Å². The first kappa shape index (κ1) is 15.1. The first-order chi connectivity index (χ1) is 11.0. The number of amides is 3. The van der Waals surface area contributed by atoms with Gasteiger partial charge < -0.3 is 16.0 Å². The molecule has 0 spiro atoms. The van der Waals surface area contributed by atoms with Crippen LogP contribution in [0.5, 0.6) is 0 Å². The highest BCUT2D eigenvalue weighted by atomic mass is 16.2. The summed E-state index contributed by atoms with van der Waals surface area (Å²) in [6.45, 7) is 2.78. The lowest BCUT2D eigenvalue weighted by atomic mass is 9.99. The summed E-state index contributed by atoms with van der Waals surface area (Å²) in [5, 5.41) is 2.49. The van der Waals surface area contributed by atoms with Gasteiger partial charge in [-0.3, -0.25) is 4.79 Å². The largest absolute Gasteiger partial charge is 0.351 e. The van der Waals surface area contributed by atoms with Gasteiger partial charge in [0.05, 0.1) is 0 Å². The van der Waals surface area contributed by atoms with Gasteiger partial charge >= 0.3 is 6.03 Å². The fraction of sp³-hybridized carbons (Fsp3) is 0.222. The van der Waals surface area contributed by atoms with E-state index in [1.165, 1.54) is 11.1 Å². The summed E-state index contributed by atoms with van der Waals surface area (Å²) in [4.78, 5) is 25.5. The number of anilines is 2. The van der Waals surface area contributed by atoms with Crippen molar-refractivity contribution in [3.63, 3.8) is 0 Å². The highest BCUT2D eigenvalue weighted by Gasteiger charge is 2.23. The normalized spacial score (nSPS) is 13.3. The van der Waals surface area contributed by atoms with Crippen LogP contribution in [0.25, 0.3) is 0 Å². The SMILES string of the molecule is Cc1ccc2c(c1)CCCN2C(=O)c1ccc(NC(N)=O)cc1. The highest BCUT2D eigenvalue weighted by molar-refractivity contribution is 6.07. The van der Waals surface area contributed by atoms with E-state index in [-0.39, 0.29) is 5.91 Å². The summed E-state index contributed by atoms with van der Waals surface area (Å²) < 4.78 is 0. The standard InChI is InChI=1S/C18H19N3O2/c1-12-4-9-16-14(11-12)3-2-10-21(16)17(22)13-5-7-15(8-6-13)20-18(19)23/h4-9,11H,2-3,10H2,1H3,(H3,19,20,23). The third kappa shape index (κ3) is 3.18. The minimum Gasteiger partial charge on any atom is -0.351 e. The monoisotopic (exact) mass is 309 g/mol. The zero-order chi connectivity index (χ0) is 16.4. The maximum absolute atomic E-state index is 12.8. The molecule has 0 saturated carbocycles. The predicted octanol–water partition coefficient (Wildman–Crippen LogP) is 3.08. The molecule has 1 aliphatic heterocycles. The van der Waals surface area contributed by atoms with Gasteiger partial charge in [0.2, 0.25) is 0 Å². The lowest BCUT2D eigenvalue weighted by Gasteiger charge is -2.30. The van der Waals surface area contributed by atoms with E-state index in [1.54, 1.807) is 24.3 Å². The molecule has 3 N–H and O–H groups in total. The number of carbonyl (C=O) groups excluding carboxylic acids is 2. The second-order valence-corrected chi connectivity index (χ2v) is 5.76. The molecule has 23 heavy (non-hydrogen) atoms. The van der Waals surface area contributed by atoms with E-state index in [4.69, 9.17) is 5.73 Å². The fourth-order valence-electron chi connectivity index (χ4n) is 2.93. The molecular weight excluding hydrogens is 290 g/mol. The van der Waals surface area contributed by atoms with Gasteiger partial charge in [-0.05, 0) is 55.7 Å². The first-order valence-corrected chi connectivity index (χ1v) is 7.62. The van der Waals surface area contributed by atoms with Crippen LogP contribution < -0.4 is 16.0 Å². The Labute approximate surface area is 135 Å². The maximum atomic E-state index is 12.8. The van der Waals surface area contributed by atoms with Gasteiger partial charge in [-0.15, -0.1) is 0 Å². The third-order valence-electron chi connectivity index (χ3n) is 4.00. The number of nitrogens with zero attached hydrogens (tertiary/aromatic N) is 1. The van der Waals surface area contributed by atoms with Crippen LogP contribution in [-0.2, 0) is 6.42 Å². The van der Waals surface area contributed by atoms with Crippen molar-refractivity contribution in [1.82, 2.24) is 0 Å². The van der Waals surface area contributed by atoms with Crippen molar-refractivity contribution >= 4 is 23.3 Å². The number of hydrogen-bond donors (Lipinski definition) is 2. The number of nitrogens with one attached hydrogen (secondary N) is 1. The van der Waals surface area contributed by atoms with Crippen LogP contribution in [-0.4, -0.2) is 18.5 Å². The molecule has 0 radical (unpaired) electrons. The van der Waals surface area contributed by atoms with E-state index >= 15 is 0 Å². The van der Waals surface area contributed by atoms with Crippen molar-refractivity contribution in [3.05, 3.63) is 59.2 Å². The van der Waals surface area contributed by atoms with E-state index in [2.05, 4.69) is 18.3 Å². The third-order valence-corrected chi connectivity index (χ3v) is 4.00. The summed E-state index contributed by atoms with van der Waals surface area (Å²) >= 11 is 0. The Balaban J connectivity index is 1.85. The number of nitrogens with two attached hydrogens (primary N) is 1. The van der Waals surface area contributed by atoms with Crippen LogP contribution in [0.1, 0.15) is 27.9 Å². The van der Waals surface area contributed by atoms with Crippen LogP contribution in [0.3, 0.4) is 0 Å². The van der Waals surface area contributed by atoms with Gasteiger partial charge in [0.15, 0.2) is 0 Å². The van der Waals surface area contributed by atoms with Crippen LogP contribution in [0, 0.1) is 6.92 Å². The second-order valence-electron chi connectivity index (χ2n) is 5.76. The Hall–Kier alpha value is -2.82. The van der Waals surface area contributed by atoms with E-state index in [0.717, 1.165) is 25.1 Å². The van der Waals surface area contributed by atoms with Crippen molar-refractivity contribution < 1.29 is 9.59 Å². The number of aryl methyl sites for hydroxylation is 2. The average molecular weight is 309 g/mol. The van der Waals surface area contributed by atoms with E-state index in [9.17, 15) is 9.59 Å². The lowest BCUT2D eigenvalue weighted by Crippen LogP contribution is -2.35. The number of rotatable bonds is 2. The summed E-state index contributed by atoms with van der Waals surface area (Å²) in [7, 11) is 0. The van der Waals surface area contributed by atoms with Crippen molar-refractivity contribution in [2.75, 3.05) is 16.8 Å². The molecule has 0 bridgehead atoms. The van der Waals surface area contributed by atoms with Crippen molar-refractivity contribution in [1.29, 1.82) is 0 Å². The zero-order valence-electron chi connectivity index (χ0n) is 13.0. The molecule has 0 unspecified atom stereocenters. The molecule has 0 saturated heterocycles. The molecule has 2 aromatic rings. The Bertz CT molecular complexity index is 753. The molecular formula is C18H19N3O2. The second kappa shape index (κ2) is 6.12. The van der Waals surface area contributed by atoms with E-state index < -0.39 is 6.03 Å². The topological polar surface area (TPSA) is 75.4 Å². The number of urea groups is 1. The molecule has 3 rings (SSSR count). The van der Waals surface area contributed by atoms with Gasteiger partial charge in [0, 0.05) is 23.5 Å². The summed E-state index contributed by atoms with van der Waals surface area (Å²) in [5.41, 5.74) is 9.66. The highest BCUT2D eigenvalue weighted by Crippen LogP contribution is 2.29. The van der Waals surface area contributed by atoms with Crippen LogP contribution >= 0.6 is 0 Å². The van der Waals surface area contributed by atoms with Gasteiger partial charge in [-0.2, -0.15) is 0 Å². The molecule has 1 heterocycles. The number of primary amides is 1. The van der Waals surface area contributed by atoms with Crippen LogP contribution in [0.4, 0.5) is 16.2 Å². The average Bonchev–Trinajstić information content (AvgIpc) is 2.53. The molecule has 5 nitrogen and oxygen atoms in total. The molecule has 0 aliphatic carbocycles. The zero-order valence-corrected chi connectivity index (χ0v) is 13.0. The van der Waals surface area contributed by atoms with Crippen LogP contribution in [0.2, 0.25) is 0 Å². The maximum Gasteiger partial charge on any atom is 0.316 e. The lowest BCUT2D eigenvalue weighted by molar-refractivity contribution is 0.0985. The summed E-state index contributed by atoms with van der Waals surface area (Å²) in [5.74, 6) is -0.0274. The number of hydrogen-bond acceptors (Lipinski definition) is 2. The fourth-order valence-corrected chi connectivity index (χ4v) is 2.93. The Morgan fingerprint density at radius 2 is 1.87 bits per heavy atom. The Morgan fingerprint density at radius 3 is 2.57 bits per heavy atom. The Kier molecular flexibility index (Phi) is 4.02. The summed E-state index contributed by atoms with van der Waals surface area (Å²) in [6, 6.07) is 12.3. The molecule has 3 amide bonds. The molecule has 2 aromatic carbocycles.